The van der Waals surface area contributed by atoms with Gasteiger partial charge in [0.15, 0.2) is 0 Å². The lowest BCUT2D eigenvalue weighted by Crippen LogP contribution is -2.63. The Morgan fingerprint density at radius 2 is 1.50 bits per heavy atom. The summed E-state index contributed by atoms with van der Waals surface area (Å²) in [5.74, 6) is -3.15. The predicted molar refractivity (Wildman–Crippen MR) is 188 cm³/mol. The molecule has 12 nitrogen and oxygen atoms in total. The Kier molecular flexibility index (Phi) is 10.7. The average Bonchev–Trinajstić information content (AvgIpc) is 3.26. The number of aliphatic hydroxyl groups excluding tert-OH is 1. The number of allylic oxidation sites excluding steroid dienone is 1. The number of rotatable bonds is 9. The van der Waals surface area contributed by atoms with Crippen LogP contribution in [0.4, 0.5) is 0 Å². The molecule has 0 spiro atoms. The number of aliphatic hydroxyl groups is 3. The number of hydrogen-bond donors (Lipinski definition) is 4. The fourth-order valence-corrected chi connectivity index (χ4v) is 11.9. The quantitative estimate of drug-likeness (QED) is 0.138. The molecule has 0 radical (unpaired) electrons. The van der Waals surface area contributed by atoms with Gasteiger partial charge in [0, 0.05) is 30.6 Å². The summed E-state index contributed by atoms with van der Waals surface area (Å²) in [5, 5.41) is 43.1. The molecule has 0 amide bonds. The van der Waals surface area contributed by atoms with Gasteiger partial charge in [-0.05, 0) is 94.8 Å². The minimum atomic E-state index is -1.82. The van der Waals surface area contributed by atoms with Crippen molar-refractivity contribution in [3.8, 4) is 0 Å². The van der Waals surface area contributed by atoms with Crippen LogP contribution in [0.5, 0.6) is 0 Å². The van der Waals surface area contributed by atoms with Crippen LogP contribution >= 0.6 is 0 Å². The molecule has 12 heteroatoms. The number of carbonyl (C=O) groups is 4. The summed E-state index contributed by atoms with van der Waals surface area (Å²) in [6.07, 6.45) is 0.342. The van der Waals surface area contributed by atoms with Crippen molar-refractivity contribution in [3.63, 3.8) is 0 Å². The van der Waals surface area contributed by atoms with Crippen LogP contribution in [0.25, 0.3) is 0 Å². The standard InChI is InChI=1S/C40H62O12/c1-21(41)49-33-27(51-32(46)20-37(7,48)19-31(44)45)18-38(8)26-17-29(43)40(10)24(15-16-39(40,9)25(26)12-13-28(38)35(33,3)4)23-11-14-30(36(5,6)47)52-34(23)50-22(2)42/h23-24,27-30,33-34,43,47-48H,11-20H2,1-10H3,(H,44,45)/t23?,24-,27-,28?,29+,30-,33+,34-,37?,38-,39+,40+/m1/s1. The molecular formula is C40H62O12. The molecule has 2 saturated carbocycles. The summed E-state index contributed by atoms with van der Waals surface area (Å²) in [5.41, 5.74) is -2.63. The van der Waals surface area contributed by atoms with Crippen LogP contribution in [0.1, 0.15) is 133 Å². The normalized spacial score (nSPS) is 41.1. The molecule has 3 unspecified atom stereocenters. The Hall–Kier alpha value is -2.54. The maximum Gasteiger partial charge on any atom is 0.309 e. The van der Waals surface area contributed by atoms with Crippen LogP contribution in [0, 0.1) is 39.4 Å². The molecule has 0 aromatic carbocycles. The molecule has 0 bridgehead atoms. The number of fused-ring (bicyclic) bond motifs is 4. The van der Waals surface area contributed by atoms with E-state index in [2.05, 4.69) is 20.8 Å². The zero-order valence-electron chi connectivity index (χ0n) is 32.7. The van der Waals surface area contributed by atoms with Gasteiger partial charge in [0.1, 0.15) is 12.2 Å². The fourth-order valence-electron chi connectivity index (χ4n) is 11.9. The van der Waals surface area contributed by atoms with E-state index in [0.717, 1.165) is 31.3 Å². The van der Waals surface area contributed by atoms with Gasteiger partial charge in [0.2, 0.25) is 6.29 Å². The first-order chi connectivity index (χ1) is 23.8. The minimum absolute atomic E-state index is 0.0180. The van der Waals surface area contributed by atoms with Crippen molar-refractivity contribution >= 4 is 23.9 Å². The average molecular weight is 735 g/mol. The lowest BCUT2D eigenvalue weighted by atomic mass is 9.42. The molecule has 52 heavy (non-hydrogen) atoms. The molecule has 1 aliphatic heterocycles. The van der Waals surface area contributed by atoms with Gasteiger partial charge < -0.3 is 39.4 Å². The van der Waals surface area contributed by atoms with Crippen molar-refractivity contribution < 1.29 is 58.6 Å². The third-order valence-electron chi connectivity index (χ3n) is 14.4. The van der Waals surface area contributed by atoms with E-state index in [1.807, 2.05) is 13.8 Å². The molecule has 0 aromatic heterocycles. The van der Waals surface area contributed by atoms with Crippen LogP contribution in [0.2, 0.25) is 0 Å². The van der Waals surface area contributed by atoms with Gasteiger partial charge in [-0.2, -0.15) is 0 Å². The second-order valence-corrected chi connectivity index (χ2v) is 18.8. The van der Waals surface area contributed by atoms with Crippen molar-refractivity contribution in [1.82, 2.24) is 0 Å². The van der Waals surface area contributed by atoms with Crippen molar-refractivity contribution in [3.05, 3.63) is 11.1 Å². The molecule has 1 heterocycles. The van der Waals surface area contributed by atoms with Gasteiger partial charge in [-0.25, -0.2) is 0 Å². The first-order valence-electron chi connectivity index (χ1n) is 19.0. The number of ether oxygens (including phenoxy) is 4. The smallest absolute Gasteiger partial charge is 0.309 e. The fraction of sp³-hybridized carbons (Fsp3) is 0.850. The Labute approximate surface area is 308 Å². The van der Waals surface area contributed by atoms with E-state index >= 15 is 0 Å². The molecule has 5 rings (SSSR count). The molecule has 3 fully saturated rings. The summed E-state index contributed by atoms with van der Waals surface area (Å²) < 4.78 is 24.1. The van der Waals surface area contributed by atoms with E-state index in [1.54, 1.807) is 13.8 Å². The van der Waals surface area contributed by atoms with E-state index in [9.17, 15) is 39.6 Å². The largest absolute Gasteiger partial charge is 0.481 e. The van der Waals surface area contributed by atoms with Gasteiger partial charge in [0.05, 0.1) is 36.3 Å². The zero-order chi connectivity index (χ0) is 39.0. The number of carbonyl (C=O) groups excluding carboxylic acids is 3. The highest BCUT2D eigenvalue weighted by molar-refractivity contribution is 5.74. The molecule has 4 N–H and O–H groups in total. The summed E-state index contributed by atoms with van der Waals surface area (Å²) >= 11 is 0. The van der Waals surface area contributed by atoms with Crippen molar-refractivity contribution in [2.24, 2.45) is 39.4 Å². The van der Waals surface area contributed by atoms with E-state index in [4.69, 9.17) is 18.9 Å². The Morgan fingerprint density at radius 3 is 2.08 bits per heavy atom. The summed E-state index contributed by atoms with van der Waals surface area (Å²) in [6.45, 7) is 18.0. The van der Waals surface area contributed by atoms with Crippen LogP contribution in [-0.4, -0.2) is 86.2 Å². The molecule has 0 aromatic rings. The third-order valence-corrected chi connectivity index (χ3v) is 14.4. The van der Waals surface area contributed by atoms with Gasteiger partial charge in [-0.1, -0.05) is 45.8 Å². The van der Waals surface area contributed by atoms with Gasteiger partial charge in [-0.15, -0.1) is 0 Å². The number of hydrogen-bond acceptors (Lipinski definition) is 11. The highest BCUT2D eigenvalue weighted by Gasteiger charge is 2.69. The number of aliphatic carboxylic acids is 1. The summed E-state index contributed by atoms with van der Waals surface area (Å²) in [6, 6.07) is 0. The Bertz CT molecular complexity index is 1470. The van der Waals surface area contributed by atoms with Crippen LogP contribution in [-0.2, 0) is 38.1 Å². The van der Waals surface area contributed by atoms with E-state index in [1.165, 1.54) is 26.3 Å². The SMILES string of the molecule is CC(=O)O[C@@H]1O[C@@H](C(C)(C)O)CCC1[C@H]1CC[C@@]2(C)C3=C(C[C@H](O)[C@]12C)[C@@]1(C)C[C@@H](OC(=O)CC(C)(O)CC(=O)O)[C@H](OC(C)=O)C(C)(C)C1CC3. The van der Waals surface area contributed by atoms with E-state index in [-0.39, 0.29) is 17.8 Å². The van der Waals surface area contributed by atoms with Gasteiger partial charge in [0.25, 0.3) is 0 Å². The second-order valence-electron chi connectivity index (χ2n) is 18.8. The third kappa shape index (κ3) is 6.94. The number of esters is 3. The lowest BCUT2D eigenvalue weighted by Gasteiger charge is -2.64. The summed E-state index contributed by atoms with van der Waals surface area (Å²) in [7, 11) is 0. The van der Waals surface area contributed by atoms with Gasteiger partial charge in [-0.3, -0.25) is 19.2 Å². The van der Waals surface area contributed by atoms with Crippen molar-refractivity contribution in [2.75, 3.05) is 0 Å². The molecule has 12 atom stereocenters. The second kappa shape index (κ2) is 13.6. The Balaban J connectivity index is 1.51. The van der Waals surface area contributed by atoms with Crippen molar-refractivity contribution in [1.29, 1.82) is 0 Å². The molecule has 5 aliphatic rings. The maximum atomic E-state index is 13.3. The summed E-state index contributed by atoms with van der Waals surface area (Å²) in [4.78, 5) is 49.4. The maximum absolute atomic E-state index is 13.3. The topological polar surface area (TPSA) is 186 Å². The predicted octanol–water partition coefficient (Wildman–Crippen LogP) is 5.23. The Morgan fingerprint density at radius 1 is 0.865 bits per heavy atom. The lowest BCUT2D eigenvalue weighted by molar-refractivity contribution is -0.261. The number of carboxylic acid groups (broad SMARTS) is 1. The van der Waals surface area contributed by atoms with Crippen LogP contribution in [0.3, 0.4) is 0 Å². The highest BCUT2D eigenvalue weighted by atomic mass is 16.7. The molecule has 4 aliphatic carbocycles. The number of carboxylic acids is 1. The van der Waals surface area contributed by atoms with Crippen LogP contribution < -0.4 is 0 Å². The zero-order valence-corrected chi connectivity index (χ0v) is 32.7. The highest BCUT2D eigenvalue weighted by Crippen LogP contribution is 2.73. The van der Waals surface area contributed by atoms with Gasteiger partial charge >= 0.3 is 23.9 Å². The van der Waals surface area contributed by atoms with Crippen molar-refractivity contribution in [2.45, 2.75) is 175 Å². The van der Waals surface area contributed by atoms with E-state index in [0.29, 0.717) is 25.7 Å². The first-order valence-corrected chi connectivity index (χ1v) is 19.0. The first kappa shape index (κ1) is 40.6. The minimum Gasteiger partial charge on any atom is -0.481 e. The molecular weight excluding hydrogens is 672 g/mol. The molecule has 1 saturated heterocycles. The molecule has 294 valence electrons. The van der Waals surface area contributed by atoms with E-state index < -0.39 is 100 Å². The van der Waals surface area contributed by atoms with Crippen LogP contribution in [0.15, 0.2) is 11.1 Å². The monoisotopic (exact) mass is 734 g/mol.